The maximum atomic E-state index is 13.7. The minimum Gasteiger partial charge on any atom is -0.495 e. The highest BCUT2D eigenvalue weighted by Crippen LogP contribution is 2.37. The zero-order valence-electron chi connectivity index (χ0n) is 20.8. The molecule has 200 valence electrons. The Morgan fingerprint density at radius 1 is 0.921 bits per heavy atom. The van der Waals surface area contributed by atoms with Crippen molar-refractivity contribution in [2.24, 2.45) is 0 Å². The molecule has 1 amide bonds. The van der Waals surface area contributed by atoms with E-state index in [1.807, 2.05) is 12.1 Å². The van der Waals surface area contributed by atoms with E-state index in [9.17, 15) is 22.4 Å². The van der Waals surface area contributed by atoms with E-state index in [0.717, 1.165) is 36.2 Å². The number of carbonyl (C=O) groups excluding carboxylic acids is 1. The molecule has 1 saturated heterocycles. The zero-order chi connectivity index (χ0) is 26.9. The molecule has 2 aliphatic heterocycles. The summed E-state index contributed by atoms with van der Waals surface area (Å²) in [5, 5.41) is 0. The summed E-state index contributed by atoms with van der Waals surface area (Å²) in [5.74, 6) is -1.02. The number of fused-ring (bicyclic) bond motifs is 1. The van der Waals surface area contributed by atoms with E-state index < -0.39 is 29.0 Å². The van der Waals surface area contributed by atoms with Gasteiger partial charge in [-0.2, -0.15) is 13.2 Å². The van der Waals surface area contributed by atoms with Crippen LogP contribution in [0.3, 0.4) is 0 Å². The Labute approximate surface area is 223 Å². The van der Waals surface area contributed by atoms with Crippen LogP contribution >= 0.6 is 11.9 Å². The van der Waals surface area contributed by atoms with Gasteiger partial charge >= 0.3 is 6.18 Å². The van der Waals surface area contributed by atoms with Crippen molar-refractivity contribution in [1.82, 2.24) is 9.21 Å². The number of nitrogens with zero attached hydrogens (tertiary/aromatic N) is 3. The molecule has 0 unspecified atom stereocenters. The van der Waals surface area contributed by atoms with E-state index in [-0.39, 0.29) is 13.1 Å². The number of piperazine rings is 1. The van der Waals surface area contributed by atoms with Gasteiger partial charge in [0.2, 0.25) is 0 Å². The number of alkyl halides is 3. The lowest BCUT2D eigenvalue weighted by Gasteiger charge is -2.37. The van der Waals surface area contributed by atoms with Crippen LogP contribution < -0.4 is 9.64 Å². The molecule has 0 atom stereocenters. The van der Waals surface area contributed by atoms with Crippen LogP contribution in [0.5, 0.6) is 5.75 Å². The first kappa shape index (κ1) is 26.4. The Balaban J connectivity index is 1.28. The van der Waals surface area contributed by atoms with Crippen molar-refractivity contribution >= 4 is 23.5 Å². The average Bonchev–Trinajstić information content (AvgIpc) is 2.92. The third-order valence-corrected chi connectivity index (χ3v) is 7.94. The molecule has 10 heteroatoms. The van der Waals surface area contributed by atoms with Crippen LogP contribution in [0.2, 0.25) is 0 Å². The molecule has 1 fully saturated rings. The summed E-state index contributed by atoms with van der Waals surface area (Å²) in [6, 6.07) is 16.4. The van der Waals surface area contributed by atoms with E-state index in [1.54, 1.807) is 19.1 Å². The number of carbonyl (C=O) groups is 1. The number of methoxy groups -OCH3 is 1. The van der Waals surface area contributed by atoms with Crippen LogP contribution in [0.25, 0.3) is 0 Å². The smallest absolute Gasteiger partial charge is 0.417 e. The van der Waals surface area contributed by atoms with Crippen LogP contribution in [0.15, 0.2) is 65.6 Å². The molecule has 3 aromatic rings. The monoisotopic (exact) mass is 545 g/mol. The third kappa shape index (κ3) is 5.61. The van der Waals surface area contributed by atoms with Crippen LogP contribution in [0, 0.1) is 5.82 Å². The van der Waals surface area contributed by atoms with E-state index in [2.05, 4.69) is 39.5 Å². The molecule has 0 N–H and O–H groups in total. The number of halogens is 4. The molecule has 2 heterocycles. The lowest BCUT2D eigenvalue weighted by Crippen LogP contribution is -2.49. The Hall–Kier alpha value is -3.24. The van der Waals surface area contributed by atoms with Crippen molar-refractivity contribution in [2.45, 2.75) is 24.0 Å². The molecule has 0 aliphatic carbocycles. The van der Waals surface area contributed by atoms with Crippen molar-refractivity contribution in [3.63, 3.8) is 0 Å². The fraction of sp³-hybridized carbons (Fsp3) is 0.321. The average molecular weight is 546 g/mol. The van der Waals surface area contributed by atoms with Gasteiger partial charge in [-0.15, -0.1) is 0 Å². The lowest BCUT2D eigenvalue weighted by atomic mass is 10.0. The first-order chi connectivity index (χ1) is 18.2. The second-order valence-electron chi connectivity index (χ2n) is 9.27. The van der Waals surface area contributed by atoms with Crippen molar-refractivity contribution in [1.29, 1.82) is 0 Å². The maximum Gasteiger partial charge on any atom is 0.417 e. The van der Waals surface area contributed by atoms with Crippen molar-refractivity contribution in [3.8, 4) is 5.75 Å². The molecule has 0 spiro atoms. The topological polar surface area (TPSA) is 36.0 Å². The third-order valence-electron chi connectivity index (χ3n) is 6.91. The lowest BCUT2D eigenvalue weighted by molar-refractivity contribution is -0.138. The predicted molar refractivity (Wildman–Crippen MR) is 139 cm³/mol. The van der Waals surface area contributed by atoms with Gasteiger partial charge in [-0.3, -0.25) is 4.79 Å². The second kappa shape index (κ2) is 10.9. The first-order valence-corrected chi connectivity index (χ1v) is 13.1. The quantitative estimate of drug-likeness (QED) is 0.296. The number of anilines is 1. The Morgan fingerprint density at radius 3 is 2.37 bits per heavy atom. The van der Waals surface area contributed by atoms with E-state index in [1.165, 1.54) is 16.0 Å². The van der Waals surface area contributed by atoms with Gasteiger partial charge in [0.15, 0.2) is 0 Å². The highest BCUT2D eigenvalue weighted by molar-refractivity contribution is 7.97. The first-order valence-electron chi connectivity index (χ1n) is 12.3. The van der Waals surface area contributed by atoms with Crippen molar-refractivity contribution in [2.75, 3.05) is 44.7 Å². The van der Waals surface area contributed by atoms with Crippen molar-refractivity contribution in [3.05, 3.63) is 88.7 Å². The summed E-state index contributed by atoms with van der Waals surface area (Å²) in [7, 11) is 1.59. The molecule has 3 aromatic carbocycles. The zero-order valence-corrected chi connectivity index (χ0v) is 21.6. The fourth-order valence-corrected chi connectivity index (χ4v) is 5.91. The fourth-order valence-electron chi connectivity index (χ4n) is 4.93. The minimum atomic E-state index is -4.75. The summed E-state index contributed by atoms with van der Waals surface area (Å²) < 4.78 is 62.0. The Morgan fingerprint density at radius 2 is 1.66 bits per heavy atom. The molecule has 0 bridgehead atoms. The molecule has 0 saturated carbocycles. The normalized spacial score (nSPS) is 16.3. The summed E-state index contributed by atoms with van der Waals surface area (Å²) in [6.07, 6.45) is -3.76. The maximum absolute atomic E-state index is 13.7. The highest BCUT2D eigenvalue weighted by Gasteiger charge is 2.37. The van der Waals surface area contributed by atoms with Gasteiger partial charge in [0.05, 0.1) is 23.9 Å². The molecule has 0 aromatic heterocycles. The Kier molecular flexibility index (Phi) is 7.54. The van der Waals surface area contributed by atoms with Gasteiger partial charge < -0.3 is 14.5 Å². The summed E-state index contributed by atoms with van der Waals surface area (Å²) in [5.41, 5.74) is 1.78. The molecule has 5 nitrogen and oxygen atoms in total. The van der Waals surface area contributed by atoms with Crippen LogP contribution in [0.4, 0.5) is 23.2 Å². The molecule has 2 aliphatic rings. The van der Waals surface area contributed by atoms with Gasteiger partial charge in [0, 0.05) is 44.2 Å². The number of hydrogen-bond acceptors (Lipinski definition) is 5. The molecule has 38 heavy (non-hydrogen) atoms. The van der Waals surface area contributed by atoms with Gasteiger partial charge in [0.1, 0.15) is 11.6 Å². The van der Waals surface area contributed by atoms with Gasteiger partial charge in [-0.1, -0.05) is 24.3 Å². The molecular weight excluding hydrogens is 518 g/mol. The number of ether oxygens (including phenoxy) is 1. The number of amides is 1. The van der Waals surface area contributed by atoms with Gasteiger partial charge in [-0.25, -0.2) is 8.70 Å². The molecular formula is C28H27F4N3O2S. The number of benzene rings is 3. The largest absolute Gasteiger partial charge is 0.495 e. The summed E-state index contributed by atoms with van der Waals surface area (Å²) >= 11 is 1.68. The number of rotatable bonds is 5. The van der Waals surface area contributed by atoms with Crippen LogP contribution in [-0.4, -0.2) is 54.9 Å². The van der Waals surface area contributed by atoms with Gasteiger partial charge in [-0.05, 0) is 65.9 Å². The van der Waals surface area contributed by atoms with Gasteiger partial charge in [0.25, 0.3) is 5.91 Å². The molecule has 0 radical (unpaired) electrons. The van der Waals surface area contributed by atoms with E-state index in [0.29, 0.717) is 31.0 Å². The molecule has 5 rings (SSSR count). The summed E-state index contributed by atoms with van der Waals surface area (Å²) in [6.45, 7) is 3.01. The van der Waals surface area contributed by atoms with Crippen LogP contribution in [-0.2, 0) is 19.1 Å². The highest BCUT2D eigenvalue weighted by atomic mass is 32.2. The van der Waals surface area contributed by atoms with Crippen molar-refractivity contribution < 1.29 is 27.1 Å². The SMILES string of the molecule is COc1ccc(SN2CCc3ccccc3C2)cc1N1CCN(C(=O)c2cc(F)ccc2C(F)(F)F)CC1. The number of hydrogen-bond donors (Lipinski definition) is 0. The van der Waals surface area contributed by atoms with E-state index >= 15 is 0 Å². The van der Waals surface area contributed by atoms with E-state index in [4.69, 9.17) is 4.74 Å². The Bertz CT molecular complexity index is 1330. The second-order valence-corrected chi connectivity index (χ2v) is 10.4. The predicted octanol–water partition coefficient (Wildman–Crippen LogP) is 5.88. The standard InChI is InChI=1S/C28H27F4N3O2S/c1-37-26-9-7-22(38-35-11-10-19-4-2-3-5-20(19)18-35)17-25(26)33-12-14-34(15-13-33)27(36)23-16-21(29)6-8-24(23)28(30,31)32/h2-9,16-17H,10-15,18H2,1H3. The van der Waals surface area contributed by atoms with Crippen LogP contribution in [0.1, 0.15) is 27.0 Å². The summed E-state index contributed by atoms with van der Waals surface area (Å²) in [4.78, 5) is 17.4. The minimum absolute atomic E-state index is 0.204.